The Kier molecular flexibility index (Phi) is 4.88. The van der Waals surface area contributed by atoms with Crippen molar-refractivity contribution in [3.63, 3.8) is 0 Å². The molecule has 0 radical (unpaired) electrons. The molecule has 120 valence electrons. The molecule has 0 unspecified atom stereocenters. The second kappa shape index (κ2) is 7.24. The first kappa shape index (κ1) is 15.5. The molecule has 2 heterocycles. The largest absolute Gasteiger partial charge is 0.368 e. The topological polar surface area (TPSA) is 48.5 Å². The number of aromatic nitrogens is 1. The highest BCUT2D eigenvalue weighted by Crippen LogP contribution is 2.19. The van der Waals surface area contributed by atoms with Crippen LogP contribution in [0.3, 0.4) is 0 Å². The van der Waals surface area contributed by atoms with Crippen LogP contribution in [0.4, 0.5) is 11.5 Å². The van der Waals surface area contributed by atoms with Crippen LogP contribution in [-0.4, -0.2) is 50.5 Å². The Labute approximate surface area is 136 Å². The van der Waals surface area contributed by atoms with E-state index in [-0.39, 0.29) is 5.78 Å². The summed E-state index contributed by atoms with van der Waals surface area (Å²) in [7, 11) is 1.79. The van der Waals surface area contributed by atoms with Gasteiger partial charge in [0.05, 0.1) is 6.54 Å². The molecule has 2 aromatic rings. The average Bonchev–Trinajstić information content (AvgIpc) is 2.63. The minimum atomic E-state index is 0.124. The van der Waals surface area contributed by atoms with Gasteiger partial charge in [-0.25, -0.2) is 4.98 Å². The van der Waals surface area contributed by atoms with Gasteiger partial charge in [-0.1, -0.05) is 6.07 Å². The zero-order chi connectivity index (χ0) is 16.1. The lowest BCUT2D eigenvalue weighted by Gasteiger charge is -2.36. The number of ketones is 1. The molecule has 0 spiro atoms. The quantitative estimate of drug-likeness (QED) is 0.854. The number of likely N-dealkylation sites (N-methyl/N-ethyl adjacent to an activating group) is 1. The van der Waals surface area contributed by atoms with E-state index in [1.807, 2.05) is 42.6 Å². The van der Waals surface area contributed by atoms with Crippen LogP contribution in [0, 0.1) is 0 Å². The van der Waals surface area contributed by atoms with Gasteiger partial charge in [-0.05, 0) is 43.4 Å². The van der Waals surface area contributed by atoms with Crippen molar-refractivity contribution < 1.29 is 4.79 Å². The molecule has 5 nitrogen and oxygen atoms in total. The van der Waals surface area contributed by atoms with Crippen molar-refractivity contribution in [2.75, 3.05) is 49.6 Å². The Balaban J connectivity index is 1.60. The van der Waals surface area contributed by atoms with Crippen LogP contribution >= 0.6 is 0 Å². The first-order valence-electron chi connectivity index (χ1n) is 7.97. The number of rotatable bonds is 5. The Hall–Kier alpha value is -2.40. The number of nitrogens with one attached hydrogen (secondary N) is 1. The number of hydrogen-bond acceptors (Lipinski definition) is 5. The first-order chi connectivity index (χ1) is 11.3. The molecule has 23 heavy (non-hydrogen) atoms. The van der Waals surface area contributed by atoms with Crippen molar-refractivity contribution in [2.45, 2.75) is 0 Å². The summed E-state index contributed by atoms with van der Waals surface area (Å²) in [6, 6.07) is 13.9. The standard InChI is InChI=1S/C18H22N4O/c1-19-14-17(23)15-5-7-16(8-6-15)21-10-12-22(13-11-21)18-4-2-3-9-20-18/h2-9,19H,10-14H2,1H3. The van der Waals surface area contributed by atoms with Gasteiger partial charge >= 0.3 is 0 Å². The molecule has 1 aromatic heterocycles. The lowest BCUT2D eigenvalue weighted by Crippen LogP contribution is -2.46. The minimum Gasteiger partial charge on any atom is -0.368 e. The summed E-state index contributed by atoms with van der Waals surface area (Å²) >= 11 is 0. The molecule has 0 bridgehead atoms. The third-order valence-corrected chi connectivity index (χ3v) is 4.14. The number of hydrogen-bond donors (Lipinski definition) is 1. The zero-order valence-electron chi connectivity index (χ0n) is 13.4. The first-order valence-corrected chi connectivity index (χ1v) is 7.97. The minimum absolute atomic E-state index is 0.124. The highest BCUT2D eigenvalue weighted by molar-refractivity contribution is 5.97. The molecule has 1 saturated heterocycles. The number of pyridine rings is 1. The van der Waals surface area contributed by atoms with Gasteiger partial charge in [0.2, 0.25) is 0 Å². The zero-order valence-corrected chi connectivity index (χ0v) is 13.4. The molecule has 0 aliphatic carbocycles. The van der Waals surface area contributed by atoms with Gasteiger partial charge in [0.25, 0.3) is 0 Å². The van der Waals surface area contributed by atoms with Gasteiger partial charge in [0.1, 0.15) is 5.82 Å². The third-order valence-electron chi connectivity index (χ3n) is 4.14. The summed E-state index contributed by atoms with van der Waals surface area (Å²) < 4.78 is 0. The molecule has 1 aliphatic heterocycles. The fourth-order valence-corrected chi connectivity index (χ4v) is 2.86. The van der Waals surface area contributed by atoms with E-state index in [2.05, 4.69) is 26.2 Å². The van der Waals surface area contributed by atoms with Gasteiger partial charge in [-0.3, -0.25) is 4.79 Å². The van der Waals surface area contributed by atoms with Gasteiger partial charge in [-0.15, -0.1) is 0 Å². The van der Waals surface area contributed by atoms with Crippen molar-refractivity contribution >= 4 is 17.3 Å². The summed E-state index contributed by atoms with van der Waals surface area (Å²) in [4.78, 5) is 20.9. The maximum absolute atomic E-state index is 11.8. The summed E-state index contributed by atoms with van der Waals surface area (Å²) in [5, 5.41) is 2.89. The maximum atomic E-state index is 11.8. The van der Waals surface area contributed by atoms with Crippen molar-refractivity contribution in [2.24, 2.45) is 0 Å². The van der Waals surface area contributed by atoms with Crippen LogP contribution in [0.2, 0.25) is 0 Å². The molecule has 5 heteroatoms. The number of carbonyl (C=O) groups is 1. The van der Waals surface area contributed by atoms with Crippen molar-refractivity contribution in [3.8, 4) is 0 Å². The molecule has 3 rings (SSSR count). The van der Waals surface area contributed by atoms with Crippen LogP contribution in [0.5, 0.6) is 0 Å². The number of nitrogens with zero attached hydrogens (tertiary/aromatic N) is 3. The predicted octanol–water partition coefficient (Wildman–Crippen LogP) is 1.81. The molecule has 0 amide bonds. The summed E-state index contributed by atoms with van der Waals surface area (Å²) in [5.41, 5.74) is 1.93. The Morgan fingerprint density at radius 3 is 2.35 bits per heavy atom. The van der Waals surface area contributed by atoms with E-state index in [0.717, 1.165) is 37.6 Å². The normalized spacial score (nSPS) is 14.8. The van der Waals surface area contributed by atoms with E-state index in [1.54, 1.807) is 7.05 Å². The maximum Gasteiger partial charge on any atom is 0.176 e. The summed E-state index contributed by atoms with van der Waals surface area (Å²) in [5.74, 6) is 1.17. The average molecular weight is 310 g/mol. The molecule has 1 aliphatic rings. The second-order valence-corrected chi connectivity index (χ2v) is 5.66. The van der Waals surface area contributed by atoms with E-state index in [4.69, 9.17) is 0 Å². The molecular formula is C18H22N4O. The molecule has 1 N–H and O–H groups in total. The molecular weight excluding hydrogens is 288 g/mol. The van der Waals surface area contributed by atoms with Crippen LogP contribution < -0.4 is 15.1 Å². The van der Waals surface area contributed by atoms with Crippen LogP contribution in [0.1, 0.15) is 10.4 Å². The van der Waals surface area contributed by atoms with E-state index < -0.39 is 0 Å². The van der Waals surface area contributed by atoms with Gasteiger partial charge in [-0.2, -0.15) is 0 Å². The van der Waals surface area contributed by atoms with Crippen LogP contribution in [0.25, 0.3) is 0 Å². The molecule has 0 atom stereocenters. The summed E-state index contributed by atoms with van der Waals surface area (Å²) in [6.45, 7) is 4.21. The second-order valence-electron chi connectivity index (χ2n) is 5.66. The molecule has 1 aromatic carbocycles. The number of anilines is 2. The van der Waals surface area contributed by atoms with Gasteiger partial charge in [0.15, 0.2) is 5.78 Å². The number of Topliss-reactive ketones (excluding diaryl/α,β-unsaturated/α-hetero) is 1. The SMILES string of the molecule is CNCC(=O)c1ccc(N2CCN(c3ccccn3)CC2)cc1. The predicted molar refractivity (Wildman–Crippen MR) is 93.4 cm³/mol. The van der Waals surface area contributed by atoms with E-state index in [1.165, 1.54) is 5.69 Å². The van der Waals surface area contributed by atoms with Gasteiger partial charge < -0.3 is 15.1 Å². The lowest BCUT2D eigenvalue weighted by atomic mass is 10.1. The smallest absolute Gasteiger partial charge is 0.176 e. The monoisotopic (exact) mass is 310 g/mol. The van der Waals surface area contributed by atoms with E-state index >= 15 is 0 Å². The van der Waals surface area contributed by atoms with Crippen LogP contribution in [-0.2, 0) is 0 Å². The molecule has 0 saturated carbocycles. The fraction of sp³-hybridized carbons (Fsp3) is 0.333. The Morgan fingerprint density at radius 1 is 1.04 bits per heavy atom. The lowest BCUT2D eigenvalue weighted by molar-refractivity contribution is 0.0993. The van der Waals surface area contributed by atoms with Crippen LogP contribution in [0.15, 0.2) is 48.7 Å². The highest BCUT2D eigenvalue weighted by atomic mass is 16.1. The van der Waals surface area contributed by atoms with E-state index in [9.17, 15) is 4.79 Å². The Bertz CT molecular complexity index is 634. The highest BCUT2D eigenvalue weighted by Gasteiger charge is 2.18. The van der Waals surface area contributed by atoms with Crippen molar-refractivity contribution in [1.82, 2.24) is 10.3 Å². The molecule has 1 fully saturated rings. The number of piperazine rings is 1. The van der Waals surface area contributed by atoms with E-state index in [0.29, 0.717) is 6.54 Å². The van der Waals surface area contributed by atoms with Crippen molar-refractivity contribution in [3.05, 3.63) is 54.2 Å². The Morgan fingerprint density at radius 2 is 1.74 bits per heavy atom. The van der Waals surface area contributed by atoms with Crippen molar-refractivity contribution in [1.29, 1.82) is 0 Å². The number of carbonyl (C=O) groups excluding carboxylic acids is 1. The number of benzene rings is 1. The van der Waals surface area contributed by atoms with Gasteiger partial charge in [0, 0.05) is 43.6 Å². The third kappa shape index (κ3) is 3.68. The fourth-order valence-electron chi connectivity index (χ4n) is 2.86. The summed E-state index contributed by atoms with van der Waals surface area (Å²) in [6.07, 6.45) is 1.84.